The molecule has 0 spiro atoms. The molecule has 2 heteroatoms. The van der Waals surface area contributed by atoms with Gasteiger partial charge in [-0.2, -0.15) is 0 Å². The Hall–Kier alpha value is -0.790. The fourth-order valence-corrected chi connectivity index (χ4v) is 3.97. The van der Waals surface area contributed by atoms with E-state index in [-0.39, 0.29) is 17.0 Å². The molecule has 1 fully saturated rings. The number of carbonyl (C=O) groups is 1. The van der Waals surface area contributed by atoms with E-state index >= 15 is 0 Å². The van der Waals surface area contributed by atoms with E-state index in [4.69, 9.17) is 4.74 Å². The van der Waals surface area contributed by atoms with Gasteiger partial charge in [0.05, 0.1) is 0 Å². The number of carbonyl (C=O) groups excluding carboxylic acids is 1. The number of hydrogen-bond acceptors (Lipinski definition) is 2. The van der Waals surface area contributed by atoms with E-state index in [1.165, 1.54) is 6.08 Å². The van der Waals surface area contributed by atoms with Crippen LogP contribution in [0, 0.1) is 17.3 Å². The third-order valence-electron chi connectivity index (χ3n) is 4.58. The second kappa shape index (κ2) is 5.46. The van der Waals surface area contributed by atoms with Gasteiger partial charge in [0.25, 0.3) is 0 Å². The van der Waals surface area contributed by atoms with Gasteiger partial charge in [-0.15, -0.1) is 0 Å². The molecule has 0 aromatic rings. The molecule has 2 nitrogen and oxygen atoms in total. The largest absolute Gasteiger partial charge is 0.455 e. The Bertz CT molecular complexity index is 315. The first-order chi connectivity index (χ1) is 8.31. The van der Waals surface area contributed by atoms with Crippen LogP contribution in [-0.4, -0.2) is 11.6 Å². The van der Waals surface area contributed by atoms with Gasteiger partial charge in [0.1, 0.15) is 5.60 Å². The van der Waals surface area contributed by atoms with Gasteiger partial charge in [0.15, 0.2) is 0 Å². The Morgan fingerprint density at radius 1 is 1.44 bits per heavy atom. The van der Waals surface area contributed by atoms with Crippen molar-refractivity contribution in [3.63, 3.8) is 0 Å². The van der Waals surface area contributed by atoms with Crippen molar-refractivity contribution < 1.29 is 9.53 Å². The van der Waals surface area contributed by atoms with Crippen LogP contribution in [0.1, 0.15) is 60.3 Å². The van der Waals surface area contributed by atoms with Crippen molar-refractivity contribution in [1.29, 1.82) is 0 Å². The summed E-state index contributed by atoms with van der Waals surface area (Å²) in [6, 6.07) is 0. The van der Waals surface area contributed by atoms with Gasteiger partial charge in [-0.25, -0.2) is 4.79 Å². The van der Waals surface area contributed by atoms with Crippen molar-refractivity contribution in [3.05, 3.63) is 12.7 Å². The minimum absolute atomic E-state index is 0.253. The molecule has 0 aliphatic heterocycles. The van der Waals surface area contributed by atoms with Crippen LogP contribution in [0.15, 0.2) is 12.7 Å². The van der Waals surface area contributed by atoms with Crippen LogP contribution in [0.3, 0.4) is 0 Å². The van der Waals surface area contributed by atoms with Crippen molar-refractivity contribution in [1.82, 2.24) is 0 Å². The molecule has 104 valence electrons. The average molecular weight is 252 g/mol. The van der Waals surface area contributed by atoms with Gasteiger partial charge in [0, 0.05) is 6.08 Å². The first-order valence-corrected chi connectivity index (χ1v) is 7.16. The molecule has 0 bridgehead atoms. The number of esters is 1. The molecule has 0 saturated heterocycles. The summed E-state index contributed by atoms with van der Waals surface area (Å²) in [5.74, 6) is 0.589. The molecule has 1 aliphatic rings. The summed E-state index contributed by atoms with van der Waals surface area (Å²) in [7, 11) is 0. The molecule has 1 saturated carbocycles. The average Bonchev–Trinajstić information content (AvgIpc) is 2.50. The van der Waals surface area contributed by atoms with Crippen molar-refractivity contribution in [2.75, 3.05) is 0 Å². The third kappa shape index (κ3) is 2.78. The van der Waals surface area contributed by atoms with E-state index in [9.17, 15) is 4.79 Å². The van der Waals surface area contributed by atoms with Crippen molar-refractivity contribution in [3.8, 4) is 0 Å². The van der Waals surface area contributed by atoms with Gasteiger partial charge in [-0.05, 0) is 42.9 Å². The van der Waals surface area contributed by atoms with Gasteiger partial charge in [-0.3, -0.25) is 0 Å². The standard InChI is InChI=1S/C16H28O2/c1-7-13(8-2)16(18-14(17)9-3)11-15(5,6)10-12(16)4/h9,12-13H,3,7-8,10-11H2,1-2,4-6H3. The van der Waals surface area contributed by atoms with Crippen LogP contribution in [0.5, 0.6) is 0 Å². The monoisotopic (exact) mass is 252 g/mol. The molecular weight excluding hydrogens is 224 g/mol. The minimum Gasteiger partial charge on any atom is -0.455 e. The Morgan fingerprint density at radius 2 is 2.00 bits per heavy atom. The van der Waals surface area contributed by atoms with E-state index < -0.39 is 0 Å². The Labute approximate surface area is 112 Å². The smallest absolute Gasteiger partial charge is 0.330 e. The first-order valence-electron chi connectivity index (χ1n) is 7.16. The Balaban J connectivity index is 3.09. The SMILES string of the molecule is C=CC(=O)OC1(C(CC)CC)CC(C)(C)CC1C. The van der Waals surface area contributed by atoms with E-state index in [1.807, 2.05) is 0 Å². The minimum atomic E-state index is -0.293. The molecule has 0 amide bonds. The van der Waals surface area contributed by atoms with E-state index in [0.717, 1.165) is 25.7 Å². The molecule has 2 unspecified atom stereocenters. The van der Waals surface area contributed by atoms with Crippen LogP contribution in [0.4, 0.5) is 0 Å². The zero-order valence-electron chi connectivity index (χ0n) is 12.6. The van der Waals surface area contributed by atoms with E-state index in [2.05, 4.69) is 41.2 Å². The number of ether oxygens (including phenoxy) is 1. The molecule has 0 N–H and O–H groups in total. The molecule has 18 heavy (non-hydrogen) atoms. The molecule has 1 rings (SSSR count). The van der Waals surface area contributed by atoms with Gasteiger partial charge in [0.2, 0.25) is 0 Å². The summed E-state index contributed by atoms with van der Waals surface area (Å²) < 4.78 is 5.88. The Kier molecular flexibility index (Phi) is 4.63. The maximum absolute atomic E-state index is 11.7. The summed E-state index contributed by atoms with van der Waals surface area (Å²) >= 11 is 0. The van der Waals surface area contributed by atoms with Crippen LogP contribution >= 0.6 is 0 Å². The predicted molar refractivity (Wildman–Crippen MR) is 75.3 cm³/mol. The molecule has 2 atom stereocenters. The fourth-order valence-electron chi connectivity index (χ4n) is 3.97. The summed E-state index contributed by atoms with van der Waals surface area (Å²) in [6.07, 6.45) is 5.49. The highest BCUT2D eigenvalue weighted by molar-refractivity contribution is 5.81. The highest BCUT2D eigenvalue weighted by atomic mass is 16.6. The molecule has 0 heterocycles. The molecule has 0 aromatic carbocycles. The van der Waals surface area contributed by atoms with E-state index in [1.54, 1.807) is 0 Å². The van der Waals surface area contributed by atoms with Crippen molar-refractivity contribution in [2.24, 2.45) is 17.3 Å². The fraction of sp³-hybridized carbons (Fsp3) is 0.812. The lowest BCUT2D eigenvalue weighted by Gasteiger charge is -2.40. The number of rotatable bonds is 5. The lowest BCUT2D eigenvalue weighted by Crippen LogP contribution is -2.45. The van der Waals surface area contributed by atoms with Crippen LogP contribution in [-0.2, 0) is 9.53 Å². The summed E-state index contributed by atoms with van der Waals surface area (Å²) in [5.41, 5.74) is -0.0400. The van der Waals surface area contributed by atoms with Crippen LogP contribution in [0.25, 0.3) is 0 Å². The van der Waals surface area contributed by atoms with Crippen LogP contribution < -0.4 is 0 Å². The van der Waals surface area contributed by atoms with Gasteiger partial charge in [-0.1, -0.05) is 41.2 Å². The molecular formula is C16H28O2. The zero-order valence-corrected chi connectivity index (χ0v) is 12.6. The summed E-state index contributed by atoms with van der Waals surface area (Å²) in [6.45, 7) is 14.7. The lowest BCUT2D eigenvalue weighted by molar-refractivity contribution is -0.166. The Morgan fingerprint density at radius 3 is 2.33 bits per heavy atom. The van der Waals surface area contributed by atoms with Gasteiger partial charge >= 0.3 is 5.97 Å². The van der Waals surface area contributed by atoms with Crippen molar-refractivity contribution >= 4 is 5.97 Å². The number of hydrogen-bond donors (Lipinski definition) is 0. The van der Waals surface area contributed by atoms with E-state index in [0.29, 0.717) is 11.8 Å². The predicted octanol–water partition coefficient (Wildman–Crippen LogP) is 4.35. The highest BCUT2D eigenvalue weighted by Gasteiger charge is 2.54. The molecule has 0 aromatic heterocycles. The lowest BCUT2D eigenvalue weighted by atomic mass is 9.76. The maximum Gasteiger partial charge on any atom is 0.330 e. The second-order valence-electron chi connectivity index (χ2n) is 6.54. The topological polar surface area (TPSA) is 26.3 Å². The first kappa shape index (κ1) is 15.3. The summed E-state index contributed by atoms with van der Waals surface area (Å²) in [5, 5.41) is 0. The normalized spacial score (nSPS) is 30.4. The molecule has 0 radical (unpaired) electrons. The third-order valence-corrected chi connectivity index (χ3v) is 4.58. The summed E-state index contributed by atoms with van der Waals surface area (Å²) in [4.78, 5) is 11.7. The quantitative estimate of drug-likeness (QED) is 0.537. The van der Waals surface area contributed by atoms with Crippen LogP contribution in [0.2, 0.25) is 0 Å². The second-order valence-corrected chi connectivity index (χ2v) is 6.54. The van der Waals surface area contributed by atoms with Crippen molar-refractivity contribution in [2.45, 2.75) is 65.9 Å². The zero-order chi connectivity index (χ0) is 14.0. The molecule has 1 aliphatic carbocycles. The maximum atomic E-state index is 11.7. The van der Waals surface area contributed by atoms with Gasteiger partial charge < -0.3 is 4.74 Å². The highest BCUT2D eigenvalue weighted by Crippen LogP contribution is 2.54.